The second kappa shape index (κ2) is 3.84. The molecule has 0 saturated carbocycles. The zero-order valence-electron chi connectivity index (χ0n) is 5.50. The molecule has 0 saturated heterocycles. The first-order chi connectivity index (χ1) is 4.57. The van der Waals surface area contributed by atoms with Crippen LogP contribution in [0.15, 0.2) is 0 Å². The fraction of sp³-hybridized carbons (Fsp3) is 0.600. The van der Waals surface area contributed by atoms with E-state index in [-0.39, 0.29) is 6.42 Å². The summed E-state index contributed by atoms with van der Waals surface area (Å²) in [6.07, 6.45) is -0.203. The molecule has 0 aliphatic heterocycles. The maximum atomic E-state index is 10.3. The van der Waals surface area contributed by atoms with Crippen LogP contribution >= 0.6 is 0 Å². The summed E-state index contributed by atoms with van der Waals surface area (Å²) >= 11 is 0. The van der Waals surface area contributed by atoms with E-state index in [1.807, 2.05) is 0 Å². The van der Waals surface area contributed by atoms with Crippen molar-refractivity contribution in [2.75, 3.05) is 0 Å². The maximum absolute atomic E-state index is 10.3. The molecule has 5 heteroatoms. The van der Waals surface area contributed by atoms with Gasteiger partial charge < -0.3 is 5.11 Å². The van der Waals surface area contributed by atoms with Crippen LogP contribution in [0, 0.1) is 5.92 Å². The van der Waals surface area contributed by atoms with E-state index in [9.17, 15) is 9.59 Å². The predicted molar refractivity (Wildman–Crippen MR) is 31.3 cm³/mol. The van der Waals surface area contributed by atoms with Crippen LogP contribution in [0.5, 0.6) is 0 Å². The molecule has 0 heterocycles. The Morgan fingerprint density at radius 1 is 1.60 bits per heavy atom. The van der Waals surface area contributed by atoms with Crippen molar-refractivity contribution in [1.82, 2.24) is 5.48 Å². The summed E-state index contributed by atoms with van der Waals surface area (Å²) in [6, 6.07) is 0. The molecule has 0 radical (unpaired) electrons. The highest BCUT2D eigenvalue weighted by Crippen LogP contribution is 1.99. The van der Waals surface area contributed by atoms with E-state index in [0.717, 1.165) is 0 Å². The minimum absolute atomic E-state index is 0.203. The molecule has 0 fully saturated rings. The number of hydrogen-bond donors (Lipinski definition) is 3. The Morgan fingerprint density at radius 3 is 2.40 bits per heavy atom. The molecule has 5 nitrogen and oxygen atoms in total. The first kappa shape index (κ1) is 8.90. The second-order valence-electron chi connectivity index (χ2n) is 1.98. The number of nitrogens with one attached hydrogen (secondary N) is 1. The standard InChI is InChI=1S/C5H9NO4/c1-3(5(8)9)2-4(7)6-10/h3,10H,2H2,1H3,(H,6,7)(H,8,9). The maximum Gasteiger partial charge on any atom is 0.306 e. The summed E-state index contributed by atoms with van der Waals surface area (Å²) < 4.78 is 0. The Hall–Kier alpha value is -1.10. The van der Waals surface area contributed by atoms with E-state index in [1.165, 1.54) is 12.4 Å². The Morgan fingerprint density at radius 2 is 2.10 bits per heavy atom. The number of carbonyl (C=O) groups excluding carboxylic acids is 1. The monoisotopic (exact) mass is 147 g/mol. The third-order valence-corrected chi connectivity index (χ3v) is 1.04. The Bertz CT molecular complexity index is 145. The SMILES string of the molecule is CC(CC(=O)NO)C(=O)O. The summed E-state index contributed by atoms with van der Waals surface area (Å²) in [5.74, 6) is -2.49. The highest BCUT2D eigenvalue weighted by atomic mass is 16.5. The summed E-state index contributed by atoms with van der Waals surface area (Å²) in [4.78, 5) is 20.4. The van der Waals surface area contributed by atoms with Crippen molar-refractivity contribution in [2.45, 2.75) is 13.3 Å². The summed E-state index contributed by atoms with van der Waals surface area (Å²) in [6.45, 7) is 1.39. The summed E-state index contributed by atoms with van der Waals surface area (Å²) in [5.41, 5.74) is 1.35. The normalized spacial score (nSPS) is 12.2. The topological polar surface area (TPSA) is 86.6 Å². The van der Waals surface area contributed by atoms with Crippen LogP contribution in [-0.2, 0) is 9.59 Å². The molecular formula is C5H9NO4. The van der Waals surface area contributed by atoms with Crippen molar-refractivity contribution >= 4 is 11.9 Å². The van der Waals surface area contributed by atoms with Gasteiger partial charge in [0.05, 0.1) is 5.92 Å². The molecule has 10 heavy (non-hydrogen) atoms. The van der Waals surface area contributed by atoms with Gasteiger partial charge in [-0.05, 0) is 0 Å². The lowest BCUT2D eigenvalue weighted by Gasteiger charge is -2.01. The molecule has 0 aliphatic carbocycles. The molecule has 1 amide bonds. The number of hydroxylamine groups is 1. The first-order valence-corrected chi connectivity index (χ1v) is 2.73. The fourth-order valence-electron chi connectivity index (χ4n) is 0.411. The van der Waals surface area contributed by atoms with Crippen LogP contribution < -0.4 is 5.48 Å². The molecule has 58 valence electrons. The number of amides is 1. The second-order valence-corrected chi connectivity index (χ2v) is 1.98. The van der Waals surface area contributed by atoms with Crippen LogP contribution in [0.4, 0.5) is 0 Å². The van der Waals surface area contributed by atoms with Crippen molar-refractivity contribution in [2.24, 2.45) is 5.92 Å². The van der Waals surface area contributed by atoms with Crippen LogP contribution in [0.2, 0.25) is 0 Å². The Balaban J connectivity index is 3.68. The number of rotatable bonds is 3. The molecule has 1 atom stereocenters. The van der Waals surface area contributed by atoms with Crippen molar-refractivity contribution in [3.63, 3.8) is 0 Å². The molecule has 1 unspecified atom stereocenters. The third-order valence-electron chi connectivity index (χ3n) is 1.04. The minimum Gasteiger partial charge on any atom is -0.481 e. The van der Waals surface area contributed by atoms with Gasteiger partial charge >= 0.3 is 5.97 Å². The summed E-state index contributed by atoms with van der Waals surface area (Å²) in [5, 5.41) is 16.2. The van der Waals surface area contributed by atoms with Gasteiger partial charge in [0.25, 0.3) is 0 Å². The van der Waals surface area contributed by atoms with Gasteiger partial charge in [0.2, 0.25) is 5.91 Å². The van der Waals surface area contributed by atoms with E-state index in [1.54, 1.807) is 0 Å². The minimum atomic E-state index is -1.05. The number of carboxylic acid groups (broad SMARTS) is 1. The van der Waals surface area contributed by atoms with Gasteiger partial charge in [0.15, 0.2) is 0 Å². The van der Waals surface area contributed by atoms with Gasteiger partial charge in [0.1, 0.15) is 0 Å². The van der Waals surface area contributed by atoms with Gasteiger partial charge in [-0.3, -0.25) is 14.8 Å². The van der Waals surface area contributed by atoms with Crippen molar-refractivity contribution in [3.05, 3.63) is 0 Å². The van der Waals surface area contributed by atoms with Gasteiger partial charge in [-0.1, -0.05) is 6.92 Å². The predicted octanol–water partition coefficient (Wildman–Crippen LogP) is -0.397. The molecule has 0 bridgehead atoms. The van der Waals surface area contributed by atoms with E-state index in [0.29, 0.717) is 0 Å². The van der Waals surface area contributed by atoms with Gasteiger partial charge in [-0.2, -0.15) is 0 Å². The number of aliphatic carboxylic acids is 1. The molecule has 0 aromatic rings. The van der Waals surface area contributed by atoms with E-state index in [4.69, 9.17) is 10.3 Å². The summed E-state index contributed by atoms with van der Waals surface area (Å²) in [7, 11) is 0. The van der Waals surface area contributed by atoms with Gasteiger partial charge in [-0.15, -0.1) is 0 Å². The highest BCUT2D eigenvalue weighted by Gasteiger charge is 2.14. The molecule has 0 aromatic carbocycles. The molecule has 3 N–H and O–H groups in total. The Kier molecular flexibility index (Phi) is 3.42. The van der Waals surface area contributed by atoms with E-state index >= 15 is 0 Å². The lowest BCUT2D eigenvalue weighted by atomic mass is 10.1. The average Bonchev–Trinajstić information content (AvgIpc) is 1.87. The zero-order chi connectivity index (χ0) is 8.15. The van der Waals surface area contributed by atoms with Gasteiger partial charge in [0, 0.05) is 6.42 Å². The molecule has 0 spiro atoms. The van der Waals surface area contributed by atoms with Gasteiger partial charge in [-0.25, -0.2) is 5.48 Å². The number of carboxylic acids is 1. The lowest BCUT2D eigenvalue weighted by molar-refractivity contribution is -0.144. The van der Waals surface area contributed by atoms with Crippen LogP contribution in [-0.4, -0.2) is 22.2 Å². The zero-order valence-corrected chi connectivity index (χ0v) is 5.50. The van der Waals surface area contributed by atoms with Crippen molar-refractivity contribution in [1.29, 1.82) is 0 Å². The highest BCUT2D eigenvalue weighted by molar-refractivity contribution is 5.81. The van der Waals surface area contributed by atoms with Crippen molar-refractivity contribution < 1.29 is 19.9 Å². The van der Waals surface area contributed by atoms with Crippen molar-refractivity contribution in [3.8, 4) is 0 Å². The van der Waals surface area contributed by atoms with E-state index < -0.39 is 17.8 Å². The molecular weight excluding hydrogens is 138 g/mol. The van der Waals surface area contributed by atoms with Crippen LogP contribution in [0.1, 0.15) is 13.3 Å². The number of carbonyl (C=O) groups is 2. The third kappa shape index (κ3) is 3.03. The average molecular weight is 147 g/mol. The lowest BCUT2D eigenvalue weighted by Crippen LogP contribution is -2.24. The van der Waals surface area contributed by atoms with Crippen LogP contribution in [0.25, 0.3) is 0 Å². The smallest absolute Gasteiger partial charge is 0.306 e. The molecule has 0 aromatic heterocycles. The van der Waals surface area contributed by atoms with E-state index in [2.05, 4.69) is 0 Å². The quantitative estimate of drug-likeness (QED) is 0.374. The fourth-order valence-corrected chi connectivity index (χ4v) is 0.411. The Labute approximate surface area is 57.6 Å². The number of hydrogen-bond acceptors (Lipinski definition) is 3. The largest absolute Gasteiger partial charge is 0.481 e. The van der Waals surface area contributed by atoms with Crippen LogP contribution in [0.3, 0.4) is 0 Å². The molecule has 0 rings (SSSR count). The first-order valence-electron chi connectivity index (χ1n) is 2.73. The molecule has 0 aliphatic rings.